The van der Waals surface area contributed by atoms with Crippen molar-refractivity contribution in [2.45, 2.75) is 57.7 Å². The van der Waals surface area contributed by atoms with Gasteiger partial charge in [-0.05, 0) is 52.4 Å². The zero-order valence-corrected chi connectivity index (χ0v) is 15.5. The van der Waals surface area contributed by atoms with Crippen LogP contribution in [0.1, 0.15) is 46.5 Å². The number of cyclic esters (lactones) is 1. The molecule has 4 aliphatic rings. The minimum absolute atomic E-state index is 0.0183. The van der Waals surface area contributed by atoms with Gasteiger partial charge in [0.1, 0.15) is 11.2 Å². The van der Waals surface area contributed by atoms with Crippen LogP contribution in [0.15, 0.2) is 0 Å². The molecule has 0 N–H and O–H groups in total. The van der Waals surface area contributed by atoms with Gasteiger partial charge in [-0.2, -0.15) is 0 Å². The molecule has 0 aromatic rings. The maximum absolute atomic E-state index is 13.1. The summed E-state index contributed by atoms with van der Waals surface area (Å²) in [7, 11) is 0. The standard InChI is InChI=1S/C19H29NO5/c1-17(2)13-4-5-18(3)12-14(13)19(15(21)24-17,16(22)25-18)6-7-20-8-10-23-11-9-20/h13-14H,4-12H2,1-3H3. The minimum atomic E-state index is -1.13. The molecular weight excluding hydrogens is 322 g/mol. The molecule has 4 unspecified atom stereocenters. The highest BCUT2D eigenvalue weighted by Gasteiger charge is 2.69. The van der Waals surface area contributed by atoms with E-state index in [0.29, 0.717) is 26.2 Å². The zero-order valence-electron chi connectivity index (χ0n) is 15.5. The fourth-order valence-electron chi connectivity index (χ4n) is 5.47. The molecule has 0 amide bonds. The average molecular weight is 351 g/mol. The predicted octanol–water partition coefficient (Wildman–Crippen LogP) is 1.76. The number of hydrogen-bond donors (Lipinski definition) is 0. The lowest BCUT2D eigenvalue weighted by Gasteiger charge is -2.60. The Morgan fingerprint density at radius 2 is 1.72 bits per heavy atom. The SMILES string of the molecule is CC12CCC3C(C1)C(CCN1CCOCC1)(C(=O)O2)C(=O)OC3(C)C. The highest BCUT2D eigenvalue weighted by atomic mass is 16.6. The fraction of sp³-hybridized carbons (Fsp3) is 0.895. The van der Waals surface area contributed by atoms with Crippen LogP contribution >= 0.6 is 0 Å². The summed E-state index contributed by atoms with van der Waals surface area (Å²) < 4.78 is 17.1. The summed E-state index contributed by atoms with van der Waals surface area (Å²) in [5, 5.41) is 0. The van der Waals surface area contributed by atoms with Gasteiger partial charge in [-0.25, -0.2) is 0 Å². The van der Waals surface area contributed by atoms with Crippen LogP contribution in [0.25, 0.3) is 0 Å². The first-order valence-electron chi connectivity index (χ1n) is 9.54. The normalized spacial score (nSPS) is 43.3. The fourth-order valence-corrected chi connectivity index (χ4v) is 5.47. The van der Waals surface area contributed by atoms with Gasteiger partial charge in [-0.3, -0.25) is 14.5 Å². The lowest BCUT2D eigenvalue weighted by Crippen LogP contribution is -2.68. The molecule has 1 aliphatic carbocycles. The van der Waals surface area contributed by atoms with E-state index >= 15 is 0 Å². The maximum atomic E-state index is 13.1. The third kappa shape index (κ3) is 2.60. The summed E-state index contributed by atoms with van der Waals surface area (Å²) in [4.78, 5) is 28.4. The first kappa shape index (κ1) is 17.3. The molecule has 3 heterocycles. The lowest BCUT2D eigenvalue weighted by atomic mass is 9.53. The molecule has 4 rings (SSSR count). The van der Waals surface area contributed by atoms with Gasteiger partial charge in [-0.15, -0.1) is 0 Å². The van der Waals surface area contributed by atoms with Gasteiger partial charge >= 0.3 is 11.9 Å². The molecule has 0 radical (unpaired) electrons. The average Bonchev–Trinajstić information content (AvgIpc) is 2.53. The van der Waals surface area contributed by atoms with Crippen molar-refractivity contribution in [3.8, 4) is 0 Å². The number of carbonyl (C=O) groups excluding carboxylic acids is 2. The Bertz CT molecular complexity index is 574. The van der Waals surface area contributed by atoms with Crippen LogP contribution in [0.2, 0.25) is 0 Å². The monoisotopic (exact) mass is 351 g/mol. The van der Waals surface area contributed by atoms with Crippen molar-refractivity contribution in [2.75, 3.05) is 32.8 Å². The highest BCUT2D eigenvalue weighted by molar-refractivity contribution is 6.02. The molecule has 25 heavy (non-hydrogen) atoms. The molecule has 140 valence electrons. The molecule has 4 atom stereocenters. The van der Waals surface area contributed by atoms with Crippen molar-refractivity contribution in [3.05, 3.63) is 0 Å². The number of fused-ring (bicyclic) bond motifs is 1. The number of esters is 2. The second-order valence-corrected chi connectivity index (χ2v) is 8.96. The molecule has 1 saturated carbocycles. The third-order valence-electron chi connectivity index (χ3n) is 7.00. The second kappa shape index (κ2) is 5.68. The maximum Gasteiger partial charge on any atom is 0.324 e. The van der Waals surface area contributed by atoms with E-state index in [9.17, 15) is 9.59 Å². The number of rotatable bonds is 3. The van der Waals surface area contributed by atoms with Gasteiger partial charge in [0.25, 0.3) is 0 Å². The van der Waals surface area contributed by atoms with Crippen molar-refractivity contribution >= 4 is 11.9 Å². The summed E-state index contributed by atoms with van der Waals surface area (Å²) in [6, 6.07) is 0. The van der Waals surface area contributed by atoms with Crippen molar-refractivity contribution in [3.63, 3.8) is 0 Å². The first-order valence-corrected chi connectivity index (χ1v) is 9.54. The van der Waals surface area contributed by atoms with Crippen LogP contribution in [-0.4, -0.2) is 60.9 Å². The lowest BCUT2D eigenvalue weighted by molar-refractivity contribution is -0.251. The Labute approximate surface area is 149 Å². The zero-order chi connectivity index (χ0) is 17.9. The summed E-state index contributed by atoms with van der Waals surface area (Å²) in [5.74, 6) is -0.494. The smallest absolute Gasteiger partial charge is 0.324 e. The Kier molecular flexibility index (Phi) is 3.93. The van der Waals surface area contributed by atoms with Crippen LogP contribution in [0.3, 0.4) is 0 Å². The topological polar surface area (TPSA) is 65.1 Å². The molecule has 3 aliphatic heterocycles. The first-order chi connectivity index (χ1) is 11.8. The molecule has 0 aromatic carbocycles. The minimum Gasteiger partial charge on any atom is -0.458 e. The van der Waals surface area contributed by atoms with Gasteiger partial charge in [-0.1, -0.05) is 0 Å². The van der Waals surface area contributed by atoms with Crippen LogP contribution < -0.4 is 0 Å². The molecule has 6 heteroatoms. The molecule has 3 saturated heterocycles. The van der Waals surface area contributed by atoms with Crippen molar-refractivity contribution in [2.24, 2.45) is 17.3 Å². The van der Waals surface area contributed by atoms with Gasteiger partial charge in [0.15, 0.2) is 5.41 Å². The number of morpholine rings is 1. The largest absolute Gasteiger partial charge is 0.458 e. The summed E-state index contributed by atoms with van der Waals surface area (Å²) in [5.41, 5.74) is -2.06. The Balaban J connectivity index is 1.64. The summed E-state index contributed by atoms with van der Waals surface area (Å²) >= 11 is 0. The van der Waals surface area contributed by atoms with E-state index < -0.39 is 16.6 Å². The van der Waals surface area contributed by atoms with Crippen molar-refractivity contribution in [1.29, 1.82) is 0 Å². The number of nitrogens with zero attached hydrogens (tertiary/aromatic N) is 1. The van der Waals surface area contributed by atoms with Crippen LogP contribution in [0.4, 0.5) is 0 Å². The number of carbonyl (C=O) groups is 2. The van der Waals surface area contributed by atoms with Gasteiger partial charge < -0.3 is 14.2 Å². The van der Waals surface area contributed by atoms with E-state index in [1.54, 1.807) is 0 Å². The highest BCUT2D eigenvalue weighted by Crippen LogP contribution is 2.60. The molecular formula is C19H29NO5. The third-order valence-corrected chi connectivity index (χ3v) is 7.00. The Morgan fingerprint density at radius 1 is 1.04 bits per heavy atom. The molecule has 6 nitrogen and oxygen atoms in total. The summed E-state index contributed by atoms with van der Waals surface area (Å²) in [6.45, 7) is 9.80. The molecule has 4 fully saturated rings. The second-order valence-electron chi connectivity index (χ2n) is 8.96. The van der Waals surface area contributed by atoms with Gasteiger partial charge in [0.2, 0.25) is 0 Å². The summed E-state index contributed by atoms with van der Waals surface area (Å²) in [6.07, 6.45) is 3.04. The van der Waals surface area contributed by atoms with E-state index in [4.69, 9.17) is 14.2 Å². The van der Waals surface area contributed by atoms with E-state index in [1.807, 2.05) is 20.8 Å². The quantitative estimate of drug-likeness (QED) is 0.570. The van der Waals surface area contributed by atoms with Gasteiger partial charge in [0, 0.05) is 25.6 Å². The molecule has 2 bridgehead atoms. The van der Waals surface area contributed by atoms with E-state index in [0.717, 1.165) is 32.4 Å². The van der Waals surface area contributed by atoms with Crippen molar-refractivity contribution < 1.29 is 23.8 Å². The van der Waals surface area contributed by atoms with Crippen LogP contribution in [-0.2, 0) is 23.8 Å². The predicted molar refractivity (Wildman–Crippen MR) is 89.8 cm³/mol. The van der Waals surface area contributed by atoms with Crippen LogP contribution in [0.5, 0.6) is 0 Å². The number of ether oxygens (including phenoxy) is 3. The Morgan fingerprint density at radius 3 is 2.44 bits per heavy atom. The van der Waals surface area contributed by atoms with E-state index in [1.165, 1.54) is 0 Å². The molecule has 0 spiro atoms. The Hall–Kier alpha value is -1.14. The van der Waals surface area contributed by atoms with Crippen molar-refractivity contribution in [1.82, 2.24) is 4.90 Å². The molecule has 0 aromatic heterocycles. The van der Waals surface area contributed by atoms with Gasteiger partial charge in [0.05, 0.1) is 13.2 Å². The van der Waals surface area contributed by atoms with E-state index in [2.05, 4.69) is 4.90 Å². The van der Waals surface area contributed by atoms with E-state index in [-0.39, 0.29) is 23.8 Å². The number of hydrogen-bond acceptors (Lipinski definition) is 6. The van der Waals surface area contributed by atoms with Crippen LogP contribution in [0, 0.1) is 17.3 Å².